The van der Waals surface area contributed by atoms with Crippen molar-refractivity contribution in [2.45, 2.75) is 17.5 Å². The van der Waals surface area contributed by atoms with Crippen molar-refractivity contribution in [3.63, 3.8) is 0 Å². The molecule has 0 amide bonds. The van der Waals surface area contributed by atoms with Crippen molar-refractivity contribution in [2.24, 2.45) is 10.9 Å². The minimum Gasteiger partial charge on any atom is -0.380 e. The molecule has 0 aromatic rings. The Kier molecular flexibility index (Phi) is 5.96. The van der Waals surface area contributed by atoms with E-state index < -0.39 is 0 Å². The largest absolute Gasteiger partial charge is 0.380 e. The molecule has 0 aliphatic heterocycles. The van der Waals surface area contributed by atoms with E-state index in [2.05, 4.69) is 27.7 Å². The number of halogens is 2. The van der Waals surface area contributed by atoms with Crippen LogP contribution in [0.25, 0.3) is 0 Å². The molecule has 0 saturated carbocycles. The maximum atomic E-state index is 5.20. The van der Waals surface area contributed by atoms with E-state index in [1.165, 1.54) is 0 Å². The second-order valence-electron chi connectivity index (χ2n) is 1.34. The molecule has 1 atom stereocenters. The van der Waals surface area contributed by atoms with Gasteiger partial charge in [-0.05, 0) is 29.0 Å². The number of nitrogens with zero attached hydrogens (tertiary/aromatic N) is 1. The van der Waals surface area contributed by atoms with E-state index in [1.54, 1.807) is 0 Å². The van der Waals surface area contributed by atoms with Crippen LogP contribution in [-0.4, -0.2) is 7.95 Å². The van der Waals surface area contributed by atoms with Crippen molar-refractivity contribution in [1.29, 1.82) is 0 Å². The molecular formula is C4H8I2N2O. The quantitative estimate of drug-likeness (QED) is 0.210. The Morgan fingerprint density at radius 1 is 1.89 bits per heavy atom. The summed E-state index contributed by atoms with van der Waals surface area (Å²) < 4.78 is 0.568. The third kappa shape index (κ3) is 6.62. The smallest absolute Gasteiger partial charge is 0.200 e. The summed E-state index contributed by atoms with van der Waals surface area (Å²) in [5, 5.41) is 3.57. The third-order valence-corrected chi connectivity index (χ3v) is 1.88. The molecule has 0 rings (SSSR count). The topological polar surface area (TPSA) is 47.6 Å². The summed E-state index contributed by atoms with van der Waals surface area (Å²) in [4.78, 5) is 4.89. The summed E-state index contributed by atoms with van der Waals surface area (Å²) in [7, 11) is 0. The Labute approximate surface area is 81.7 Å². The molecule has 0 bridgehead atoms. The molecule has 0 aliphatic carbocycles. The van der Waals surface area contributed by atoms with Crippen LogP contribution in [0.4, 0.5) is 0 Å². The summed E-state index contributed by atoms with van der Waals surface area (Å²) in [6.45, 7) is 2.02. The highest BCUT2D eigenvalue weighted by Crippen LogP contribution is 2.06. The third-order valence-electron chi connectivity index (χ3n) is 0.575. The zero-order chi connectivity index (χ0) is 7.28. The zero-order valence-corrected chi connectivity index (χ0v) is 9.29. The van der Waals surface area contributed by atoms with Crippen LogP contribution in [0.3, 0.4) is 0 Å². The first-order valence-electron chi connectivity index (χ1n) is 2.45. The van der Waals surface area contributed by atoms with E-state index in [-0.39, 0.29) is 4.11 Å². The molecule has 0 spiro atoms. The van der Waals surface area contributed by atoms with Crippen LogP contribution in [0.2, 0.25) is 0 Å². The van der Waals surface area contributed by atoms with Crippen LogP contribution in [0.5, 0.6) is 0 Å². The second-order valence-corrected chi connectivity index (χ2v) is 3.83. The monoisotopic (exact) mass is 354 g/mol. The van der Waals surface area contributed by atoms with Gasteiger partial charge < -0.3 is 10.6 Å². The van der Waals surface area contributed by atoms with E-state index >= 15 is 0 Å². The molecule has 0 aromatic heterocycles. The molecule has 54 valence electrons. The van der Waals surface area contributed by atoms with E-state index in [0.29, 0.717) is 3.84 Å². The van der Waals surface area contributed by atoms with E-state index in [4.69, 9.17) is 10.6 Å². The number of amidine groups is 1. The highest BCUT2D eigenvalue weighted by atomic mass is 127. The van der Waals surface area contributed by atoms with Crippen molar-refractivity contribution in [3.05, 3.63) is 0 Å². The van der Waals surface area contributed by atoms with E-state index in [1.807, 2.05) is 29.5 Å². The molecule has 0 heterocycles. The first kappa shape index (κ1) is 9.73. The van der Waals surface area contributed by atoms with Gasteiger partial charge in [0.1, 0.15) is 0 Å². The van der Waals surface area contributed by atoms with Crippen LogP contribution >= 0.6 is 45.2 Å². The molecule has 5 heteroatoms. The molecule has 0 aromatic carbocycles. The Morgan fingerprint density at radius 2 is 2.44 bits per heavy atom. The fourth-order valence-electron chi connectivity index (χ4n) is 0.182. The lowest BCUT2D eigenvalue weighted by Crippen LogP contribution is -2.04. The Morgan fingerprint density at radius 3 is 2.78 bits per heavy atom. The average Bonchev–Trinajstić information content (AvgIpc) is 1.83. The van der Waals surface area contributed by atoms with Crippen molar-refractivity contribution in [1.82, 2.24) is 0 Å². The molecule has 9 heavy (non-hydrogen) atoms. The fourth-order valence-corrected chi connectivity index (χ4v) is 0.409. The lowest BCUT2D eigenvalue weighted by molar-refractivity contribution is 0.131. The number of hydrogen-bond acceptors (Lipinski definition) is 2. The van der Waals surface area contributed by atoms with Gasteiger partial charge in [0, 0.05) is 22.6 Å². The van der Waals surface area contributed by atoms with Crippen LogP contribution in [0.1, 0.15) is 13.3 Å². The van der Waals surface area contributed by atoms with Gasteiger partial charge in [0.15, 0.2) is 4.11 Å². The highest BCUT2D eigenvalue weighted by Gasteiger charge is 1.97. The molecule has 0 fully saturated rings. The molecule has 3 nitrogen and oxygen atoms in total. The highest BCUT2D eigenvalue weighted by molar-refractivity contribution is 14.1. The van der Waals surface area contributed by atoms with Crippen molar-refractivity contribution >= 4 is 49.0 Å². The molecule has 2 N–H and O–H groups in total. The molecular weight excluding hydrogens is 346 g/mol. The predicted molar refractivity (Wildman–Crippen MR) is 54.8 cm³/mol. The minimum absolute atomic E-state index is 0.135. The number of rotatable bonds is 3. The molecule has 0 radical (unpaired) electrons. The van der Waals surface area contributed by atoms with Gasteiger partial charge in [-0.15, -0.1) is 0 Å². The van der Waals surface area contributed by atoms with E-state index in [0.717, 1.165) is 6.42 Å². The molecule has 0 saturated heterocycles. The average molecular weight is 354 g/mol. The first-order chi connectivity index (χ1) is 4.16. The number of nitrogens with two attached hydrogens (primary N) is 1. The number of alkyl halides is 1. The fraction of sp³-hybridized carbons (Fsp3) is 0.750. The number of hydrogen-bond donors (Lipinski definition) is 1. The van der Waals surface area contributed by atoms with Crippen LogP contribution < -0.4 is 5.73 Å². The summed E-state index contributed by atoms with van der Waals surface area (Å²) in [6.07, 6.45) is 0.938. The zero-order valence-electron chi connectivity index (χ0n) is 4.97. The first-order valence-corrected chi connectivity index (χ1v) is 4.78. The Balaban J connectivity index is 3.37. The summed E-state index contributed by atoms with van der Waals surface area (Å²) in [5.41, 5.74) is 5.20. The van der Waals surface area contributed by atoms with Crippen LogP contribution in [-0.2, 0) is 4.84 Å². The SMILES string of the molecule is CCC(I)O/N=C(\N)I. The van der Waals surface area contributed by atoms with Gasteiger partial charge in [-0.25, -0.2) is 0 Å². The van der Waals surface area contributed by atoms with Gasteiger partial charge in [0.2, 0.25) is 3.84 Å². The maximum absolute atomic E-state index is 5.20. The second kappa shape index (κ2) is 5.51. The van der Waals surface area contributed by atoms with Crippen molar-refractivity contribution in [3.8, 4) is 0 Å². The minimum atomic E-state index is 0.135. The molecule has 1 unspecified atom stereocenters. The van der Waals surface area contributed by atoms with Gasteiger partial charge in [0.25, 0.3) is 0 Å². The normalized spacial score (nSPS) is 15.2. The summed E-state index contributed by atoms with van der Waals surface area (Å²) >= 11 is 4.04. The van der Waals surface area contributed by atoms with Gasteiger partial charge in [-0.3, -0.25) is 0 Å². The summed E-state index contributed by atoms with van der Waals surface area (Å²) in [5.74, 6) is 0. The van der Waals surface area contributed by atoms with Gasteiger partial charge >= 0.3 is 0 Å². The van der Waals surface area contributed by atoms with Crippen molar-refractivity contribution < 1.29 is 4.84 Å². The number of oxime groups is 1. The summed E-state index contributed by atoms with van der Waals surface area (Å²) in [6, 6.07) is 0. The maximum Gasteiger partial charge on any atom is 0.200 e. The van der Waals surface area contributed by atoms with Crippen LogP contribution in [0.15, 0.2) is 5.16 Å². The Bertz CT molecular complexity index is 103. The van der Waals surface area contributed by atoms with Gasteiger partial charge in [0.05, 0.1) is 0 Å². The van der Waals surface area contributed by atoms with Crippen LogP contribution in [0, 0.1) is 0 Å². The standard InChI is InChI=1S/C4H8I2N2O/c1-2-3(5)9-8-4(6)7/h3H,2H2,1H3,(H2,7,8). The Hall–Kier alpha value is 0.730. The van der Waals surface area contributed by atoms with E-state index in [9.17, 15) is 0 Å². The lowest BCUT2D eigenvalue weighted by Gasteiger charge is -2.02. The van der Waals surface area contributed by atoms with Crippen molar-refractivity contribution in [2.75, 3.05) is 0 Å². The lowest BCUT2D eigenvalue weighted by atomic mass is 10.5. The predicted octanol–water partition coefficient (Wildman–Crippen LogP) is 1.84. The van der Waals surface area contributed by atoms with Gasteiger partial charge in [-0.1, -0.05) is 12.1 Å². The molecule has 0 aliphatic rings. The van der Waals surface area contributed by atoms with Gasteiger partial charge in [-0.2, -0.15) is 0 Å².